The largest absolute Gasteiger partial charge is 0.505 e. The monoisotopic (exact) mass is 174 g/mol. The van der Waals surface area contributed by atoms with E-state index >= 15 is 0 Å². The molecule has 0 N–H and O–H groups in total. The van der Waals surface area contributed by atoms with E-state index in [2.05, 4.69) is 18.3 Å². The summed E-state index contributed by atoms with van der Waals surface area (Å²) in [5.74, 6) is -0.0266. The number of rotatable bonds is 0. The molecule has 11 heavy (non-hydrogen) atoms. The molecular weight excluding hydrogens is 172 g/mol. The Balaban J connectivity index is 2.59. The molecule has 0 radical (unpaired) electrons. The second kappa shape index (κ2) is 1.82. The van der Waals surface area contributed by atoms with Gasteiger partial charge in [-0.25, -0.2) is 4.98 Å². The van der Waals surface area contributed by atoms with Crippen molar-refractivity contribution in [3.05, 3.63) is 12.3 Å². The summed E-state index contributed by atoms with van der Waals surface area (Å²) in [6.45, 7) is 0. The van der Waals surface area contributed by atoms with E-state index < -0.39 is 10.4 Å². The van der Waals surface area contributed by atoms with Crippen LogP contribution < -0.4 is 8.37 Å². The van der Waals surface area contributed by atoms with E-state index in [1.54, 1.807) is 0 Å². The van der Waals surface area contributed by atoms with E-state index in [9.17, 15) is 8.42 Å². The lowest BCUT2D eigenvalue weighted by Crippen LogP contribution is -2.22. The molecule has 0 amide bonds. The first-order valence-corrected chi connectivity index (χ1v) is 3.96. The normalized spacial score (nSPS) is 18.2. The summed E-state index contributed by atoms with van der Waals surface area (Å²) in [5, 5.41) is 0. The highest BCUT2D eigenvalue weighted by atomic mass is 32.3. The Morgan fingerprint density at radius 1 is 1.36 bits per heavy atom. The van der Waals surface area contributed by atoms with Gasteiger partial charge in [0.15, 0.2) is 0 Å². The molecule has 0 unspecified atom stereocenters. The van der Waals surface area contributed by atoms with E-state index in [1.807, 2.05) is 0 Å². The van der Waals surface area contributed by atoms with E-state index in [0.717, 1.165) is 0 Å². The van der Waals surface area contributed by atoms with Crippen LogP contribution >= 0.6 is 0 Å². The van der Waals surface area contributed by atoms with Gasteiger partial charge < -0.3 is 8.37 Å². The van der Waals surface area contributed by atoms with Crippen molar-refractivity contribution in [3.63, 3.8) is 0 Å². The highest BCUT2D eigenvalue weighted by molar-refractivity contribution is 7.82. The van der Waals surface area contributed by atoms with Crippen LogP contribution in [-0.2, 0) is 10.4 Å². The van der Waals surface area contributed by atoms with Gasteiger partial charge in [0.05, 0.1) is 0 Å². The molecule has 2 rings (SSSR count). The highest BCUT2D eigenvalue weighted by Crippen LogP contribution is 2.18. The molecule has 6 nitrogen and oxygen atoms in total. The Bertz CT molecular complexity index is 360. The van der Waals surface area contributed by atoms with Gasteiger partial charge in [0, 0.05) is 12.3 Å². The average Bonchev–Trinajstić information content (AvgIpc) is 1.82. The van der Waals surface area contributed by atoms with Crippen molar-refractivity contribution in [3.8, 4) is 11.9 Å². The predicted octanol–water partition coefficient (Wildman–Crippen LogP) is -0.507. The topological polar surface area (TPSA) is 78.4 Å². The molecule has 58 valence electrons. The molecule has 0 fully saturated rings. The van der Waals surface area contributed by atoms with Gasteiger partial charge in [0.25, 0.3) is 0 Å². The average molecular weight is 174 g/mol. The van der Waals surface area contributed by atoms with Crippen LogP contribution in [-0.4, -0.2) is 18.4 Å². The Kier molecular flexibility index (Phi) is 1.05. The minimum Gasteiger partial charge on any atom is -0.332 e. The highest BCUT2D eigenvalue weighted by Gasteiger charge is 2.23. The molecule has 0 spiro atoms. The summed E-state index contributed by atoms with van der Waals surface area (Å²) in [6.07, 6.45) is 1.34. The molecule has 1 aromatic rings. The Morgan fingerprint density at radius 3 is 2.91 bits per heavy atom. The van der Waals surface area contributed by atoms with Gasteiger partial charge in [-0.15, -0.1) is 8.42 Å². The summed E-state index contributed by atoms with van der Waals surface area (Å²) in [6, 6.07) is 1.11. The maximum Gasteiger partial charge on any atom is 0.505 e. The first-order valence-electron chi connectivity index (χ1n) is 2.63. The second-order valence-electron chi connectivity index (χ2n) is 1.75. The lowest BCUT2D eigenvalue weighted by Gasteiger charge is -2.10. The molecule has 2 bridgehead atoms. The maximum absolute atomic E-state index is 10.6. The summed E-state index contributed by atoms with van der Waals surface area (Å²) in [5.41, 5.74) is 0. The zero-order valence-electron chi connectivity index (χ0n) is 5.09. The third-order valence-electron chi connectivity index (χ3n) is 0.972. The van der Waals surface area contributed by atoms with Gasteiger partial charge >= 0.3 is 16.4 Å². The fraction of sp³-hybridized carbons (Fsp3) is 0. The number of hydrogen-bond acceptors (Lipinski definition) is 6. The van der Waals surface area contributed by atoms with Gasteiger partial charge in [-0.3, -0.25) is 0 Å². The van der Waals surface area contributed by atoms with E-state index in [1.165, 1.54) is 12.3 Å². The van der Waals surface area contributed by atoms with Crippen molar-refractivity contribution in [1.29, 1.82) is 0 Å². The van der Waals surface area contributed by atoms with Crippen LogP contribution in [0.5, 0.6) is 11.9 Å². The molecule has 0 aromatic carbocycles. The first kappa shape index (κ1) is 6.35. The fourth-order valence-electron chi connectivity index (χ4n) is 0.625. The van der Waals surface area contributed by atoms with E-state index in [4.69, 9.17) is 0 Å². The van der Waals surface area contributed by atoms with Crippen LogP contribution in [0.15, 0.2) is 12.3 Å². The molecule has 1 aromatic heterocycles. The van der Waals surface area contributed by atoms with Crippen molar-refractivity contribution < 1.29 is 16.8 Å². The van der Waals surface area contributed by atoms with E-state index in [0.29, 0.717) is 0 Å². The minimum absolute atomic E-state index is 0.0266. The number of aromatic nitrogens is 2. The molecule has 0 saturated heterocycles. The van der Waals surface area contributed by atoms with Crippen molar-refractivity contribution >= 4 is 10.4 Å². The van der Waals surface area contributed by atoms with E-state index in [-0.39, 0.29) is 11.9 Å². The number of hydrogen-bond donors (Lipinski definition) is 0. The summed E-state index contributed by atoms with van der Waals surface area (Å²) >= 11 is 0. The van der Waals surface area contributed by atoms with Crippen molar-refractivity contribution in [2.45, 2.75) is 0 Å². The lowest BCUT2D eigenvalue weighted by molar-refractivity contribution is 0.348. The smallest absolute Gasteiger partial charge is 0.332 e. The van der Waals surface area contributed by atoms with Crippen LogP contribution in [0.1, 0.15) is 0 Å². The lowest BCUT2D eigenvalue weighted by atomic mass is 10.6. The Hall–Kier alpha value is -1.37. The van der Waals surface area contributed by atoms with Crippen molar-refractivity contribution in [2.24, 2.45) is 0 Å². The van der Waals surface area contributed by atoms with Crippen LogP contribution in [0.2, 0.25) is 0 Å². The summed E-state index contributed by atoms with van der Waals surface area (Å²) in [7, 11) is -3.95. The Morgan fingerprint density at radius 2 is 2.18 bits per heavy atom. The molecule has 0 aliphatic carbocycles. The molecule has 2 heterocycles. The maximum atomic E-state index is 10.6. The predicted molar refractivity (Wildman–Crippen MR) is 32.2 cm³/mol. The third-order valence-corrected chi connectivity index (χ3v) is 1.70. The molecule has 1 aliphatic heterocycles. The fourth-order valence-corrected chi connectivity index (χ4v) is 1.22. The van der Waals surface area contributed by atoms with Crippen molar-refractivity contribution in [1.82, 2.24) is 9.97 Å². The molecular formula is C4H2N2O4S. The van der Waals surface area contributed by atoms with Gasteiger partial charge in [-0.05, 0) is 0 Å². The molecule has 0 atom stereocenters. The first-order chi connectivity index (χ1) is 5.16. The number of nitrogens with zero attached hydrogens (tertiary/aromatic N) is 2. The van der Waals surface area contributed by atoms with Crippen LogP contribution in [0, 0.1) is 0 Å². The summed E-state index contributed by atoms with van der Waals surface area (Å²) < 4.78 is 29.7. The molecule has 0 saturated carbocycles. The minimum atomic E-state index is -3.95. The standard InChI is InChI=1S/C4H2N2O4S/c7-11(8)9-3-1-2-5-4(6-3)10-11/h1-2H. The van der Waals surface area contributed by atoms with Gasteiger partial charge in [0.2, 0.25) is 5.88 Å². The van der Waals surface area contributed by atoms with Gasteiger partial charge in [-0.1, -0.05) is 0 Å². The van der Waals surface area contributed by atoms with Crippen LogP contribution in [0.25, 0.3) is 0 Å². The third kappa shape index (κ3) is 1.09. The number of fused-ring (bicyclic) bond motifs is 2. The van der Waals surface area contributed by atoms with Crippen molar-refractivity contribution in [2.75, 3.05) is 0 Å². The molecule has 1 aliphatic rings. The second-order valence-corrected chi connectivity index (χ2v) is 2.90. The van der Waals surface area contributed by atoms with Gasteiger partial charge in [0.1, 0.15) is 0 Å². The van der Waals surface area contributed by atoms with Crippen LogP contribution in [0.3, 0.4) is 0 Å². The SMILES string of the molecule is O=S1(=O)Oc2ccnc(n2)O1. The zero-order chi connectivity index (χ0) is 7.90. The summed E-state index contributed by atoms with van der Waals surface area (Å²) in [4.78, 5) is 7.05. The zero-order valence-corrected chi connectivity index (χ0v) is 5.91. The molecule has 7 heteroatoms. The Labute approximate surface area is 62.1 Å². The van der Waals surface area contributed by atoms with Crippen LogP contribution in [0.4, 0.5) is 0 Å². The van der Waals surface area contributed by atoms with Gasteiger partial charge in [-0.2, -0.15) is 4.98 Å². The quantitative estimate of drug-likeness (QED) is 0.527.